The van der Waals surface area contributed by atoms with Crippen molar-refractivity contribution in [3.05, 3.63) is 36.4 Å². The Balaban J connectivity index is 1.81. The first-order valence-corrected chi connectivity index (χ1v) is 6.53. The summed E-state index contributed by atoms with van der Waals surface area (Å²) in [5, 5.41) is 11.0. The number of ether oxygens (including phenoxy) is 1. The number of aromatic nitrogens is 1. The van der Waals surface area contributed by atoms with E-state index in [1.54, 1.807) is 0 Å². The summed E-state index contributed by atoms with van der Waals surface area (Å²) in [5.41, 5.74) is 0.931. The van der Waals surface area contributed by atoms with Crippen molar-refractivity contribution in [2.45, 2.75) is 37.9 Å². The summed E-state index contributed by atoms with van der Waals surface area (Å²) in [5.74, 6) is 0.611. The smallest absolute Gasteiger partial charge is 0.214 e. The SMILES string of the molecule is OC1CCCCC1Oc1ccc2ccccc2n1. The summed E-state index contributed by atoms with van der Waals surface area (Å²) in [6.07, 6.45) is 3.49. The van der Waals surface area contributed by atoms with Gasteiger partial charge in [0.05, 0.1) is 11.6 Å². The molecule has 2 atom stereocenters. The van der Waals surface area contributed by atoms with Gasteiger partial charge in [-0.05, 0) is 31.4 Å². The quantitative estimate of drug-likeness (QED) is 0.881. The van der Waals surface area contributed by atoms with Crippen LogP contribution in [0.25, 0.3) is 10.9 Å². The lowest BCUT2D eigenvalue weighted by Crippen LogP contribution is -2.34. The van der Waals surface area contributed by atoms with Gasteiger partial charge in [0.1, 0.15) is 6.10 Å². The highest BCUT2D eigenvalue weighted by Gasteiger charge is 2.24. The lowest BCUT2D eigenvalue weighted by atomic mass is 9.95. The molecule has 3 nitrogen and oxygen atoms in total. The first-order valence-electron chi connectivity index (χ1n) is 6.53. The lowest BCUT2D eigenvalue weighted by molar-refractivity contribution is 0.00469. The van der Waals surface area contributed by atoms with Crippen LogP contribution in [0.4, 0.5) is 0 Å². The van der Waals surface area contributed by atoms with Gasteiger partial charge in [-0.1, -0.05) is 24.6 Å². The van der Waals surface area contributed by atoms with Crippen LogP contribution in [-0.4, -0.2) is 22.3 Å². The van der Waals surface area contributed by atoms with E-state index in [9.17, 15) is 5.11 Å². The molecule has 1 aromatic heterocycles. The summed E-state index contributed by atoms with van der Waals surface area (Å²) >= 11 is 0. The van der Waals surface area contributed by atoms with E-state index in [1.807, 2.05) is 36.4 Å². The molecule has 1 N–H and O–H groups in total. The van der Waals surface area contributed by atoms with Crippen LogP contribution in [0, 0.1) is 0 Å². The molecule has 1 fully saturated rings. The van der Waals surface area contributed by atoms with Gasteiger partial charge in [-0.2, -0.15) is 0 Å². The monoisotopic (exact) mass is 243 g/mol. The molecule has 0 saturated heterocycles. The molecule has 0 amide bonds. The second-order valence-corrected chi connectivity index (χ2v) is 4.85. The molecule has 94 valence electrons. The van der Waals surface area contributed by atoms with Crippen molar-refractivity contribution >= 4 is 10.9 Å². The first kappa shape index (κ1) is 11.5. The lowest BCUT2D eigenvalue weighted by Gasteiger charge is -2.27. The Morgan fingerprint density at radius 1 is 1.06 bits per heavy atom. The van der Waals surface area contributed by atoms with E-state index in [0.717, 1.165) is 36.6 Å². The Kier molecular flexibility index (Phi) is 3.15. The molecule has 1 aromatic carbocycles. The van der Waals surface area contributed by atoms with Crippen molar-refractivity contribution in [3.63, 3.8) is 0 Å². The van der Waals surface area contributed by atoms with Crippen molar-refractivity contribution in [1.29, 1.82) is 0 Å². The van der Waals surface area contributed by atoms with Gasteiger partial charge < -0.3 is 9.84 Å². The highest BCUT2D eigenvalue weighted by Crippen LogP contribution is 2.24. The molecule has 0 aliphatic heterocycles. The fraction of sp³-hybridized carbons (Fsp3) is 0.400. The maximum Gasteiger partial charge on any atom is 0.214 e. The number of hydrogen-bond donors (Lipinski definition) is 1. The van der Waals surface area contributed by atoms with Crippen molar-refractivity contribution in [1.82, 2.24) is 4.98 Å². The van der Waals surface area contributed by atoms with Crippen molar-refractivity contribution in [3.8, 4) is 5.88 Å². The fourth-order valence-corrected chi connectivity index (χ4v) is 2.48. The number of fused-ring (bicyclic) bond motifs is 1. The zero-order valence-corrected chi connectivity index (χ0v) is 10.2. The third-order valence-electron chi connectivity index (χ3n) is 3.51. The molecule has 1 heterocycles. The van der Waals surface area contributed by atoms with Crippen LogP contribution in [0.15, 0.2) is 36.4 Å². The van der Waals surface area contributed by atoms with Crippen LogP contribution >= 0.6 is 0 Å². The first-order chi connectivity index (χ1) is 8.83. The van der Waals surface area contributed by atoms with E-state index in [4.69, 9.17) is 4.74 Å². The van der Waals surface area contributed by atoms with Crippen molar-refractivity contribution in [2.75, 3.05) is 0 Å². The van der Waals surface area contributed by atoms with E-state index >= 15 is 0 Å². The minimum atomic E-state index is -0.355. The number of nitrogens with zero attached hydrogens (tertiary/aromatic N) is 1. The molecule has 1 aliphatic carbocycles. The molecule has 0 bridgehead atoms. The van der Waals surface area contributed by atoms with Gasteiger partial charge in [0.25, 0.3) is 0 Å². The Bertz CT molecular complexity index is 541. The molecule has 0 radical (unpaired) electrons. The number of benzene rings is 1. The maximum absolute atomic E-state index is 9.89. The zero-order valence-electron chi connectivity index (χ0n) is 10.2. The van der Waals surface area contributed by atoms with E-state index in [0.29, 0.717) is 5.88 Å². The standard InChI is InChI=1S/C15H17NO2/c17-13-7-3-4-8-14(13)18-15-10-9-11-5-1-2-6-12(11)16-15/h1-2,5-6,9-10,13-14,17H,3-4,7-8H2. The second kappa shape index (κ2) is 4.94. The largest absolute Gasteiger partial charge is 0.472 e. The Labute approximate surface area is 106 Å². The third-order valence-corrected chi connectivity index (χ3v) is 3.51. The van der Waals surface area contributed by atoms with E-state index in [1.165, 1.54) is 0 Å². The number of rotatable bonds is 2. The van der Waals surface area contributed by atoms with Crippen LogP contribution < -0.4 is 4.74 Å². The highest BCUT2D eigenvalue weighted by molar-refractivity contribution is 5.78. The van der Waals surface area contributed by atoms with E-state index < -0.39 is 0 Å². The summed E-state index contributed by atoms with van der Waals surface area (Å²) in [4.78, 5) is 4.47. The Hall–Kier alpha value is -1.61. The molecule has 2 aromatic rings. The Morgan fingerprint density at radius 3 is 2.78 bits per heavy atom. The van der Waals surface area contributed by atoms with Gasteiger partial charge in [-0.3, -0.25) is 0 Å². The summed E-state index contributed by atoms with van der Waals surface area (Å²) in [6.45, 7) is 0. The predicted molar refractivity (Wildman–Crippen MR) is 70.6 cm³/mol. The number of aliphatic hydroxyl groups excluding tert-OH is 1. The fourth-order valence-electron chi connectivity index (χ4n) is 2.48. The average molecular weight is 243 g/mol. The molecular formula is C15H17NO2. The van der Waals surface area contributed by atoms with Gasteiger partial charge in [0.2, 0.25) is 5.88 Å². The zero-order chi connectivity index (χ0) is 12.4. The molecule has 1 saturated carbocycles. The highest BCUT2D eigenvalue weighted by atomic mass is 16.5. The van der Waals surface area contributed by atoms with E-state index in [2.05, 4.69) is 4.98 Å². The molecule has 1 aliphatic rings. The van der Waals surface area contributed by atoms with Crippen LogP contribution in [0.3, 0.4) is 0 Å². The van der Waals surface area contributed by atoms with Crippen LogP contribution in [0.1, 0.15) is 25.7 Å². The molecular weight excluding hydrogens is 226 g/mol. The normalized spacial score (nSPS) is 24.1. The summed E-state index contributed by atoms with van der Waals surface area (Å²) in [7, 11) is 0. The average Bonchev–Trinajstić information content (AvgIpc) is 2.41. The number of hydrogen-bond acceptors (Lipinski definition) is 3. The van der Waals surface area contributed by atoms with Crippen LogP contribution in [0.2, 0.25) is 0 Å². The van der Waals surface area contributed by atoms with Crippen LogP contribution in [-0.2, 0) is 0 Å². The van der Waals surface area contributed by atoms with Gasteiger partial charge in [0, 0.05) is 11.5 Å². The number of para-hydroxylation sites is 1. The van der Waals surface area contributed by atoms with Crippen LogP contribution in [0.5, 0.6) is 5.88 Å². The van der Waals surface area contributed by atoms with Gasteiger partial charge in [-0.15, -0.1) is 0 Å². The van der Waals surface area contributed by atoms with Gasteiger partial charge >= 0.3 is 0 Å². The minimum absolute atomic E-state index is 0.104. The summed E-state index contributed by atoms with van der Waals surface area (Å²) in [6, 6.07) is 11.8. The van der Waals surface area contributed by atoms with Gasteiger partial charge in [-0.25, -0.2) is 4.98 Å². The van der Waals surface area contributed by atoms with Crippen molar-refractivity contribution < 1.29 is 9.84 Å². The van der Waals surface area contributed by atoms with E-state index in [-0.39, 0.29) is 12.2 Å². The predicted octanol–water partition coefficient (Wildman–Crippen LogP) is 2.92. The Morgan fingerprint density at radius 2 is 1.89 bits per heavy atom. The number of pyridine rings is 1. The molecule has 3 rings (SSSR count). The third kappa shape index (κ3) is 2.31. The summed E-state index contributed by atoms with van der Waals surface area (Å²) < 4.78 is 5.81. The molecule has 18 heavy (non-hydrogen) atoms. The number of aliphatic hydroxyl groups is 1. The second-order valence-electron chi connectivity index (χ2n) is 4.85. The molecule has 3 heteroatoms. The molecule has 2 unspecified atom stereocenters. The minimum Gasteiger partial charge on any atom is -0.472 e. The maximum atomic E-state index is 9.89. The molecule has 0 spiro atoms. The topological polar surface area (TPSA) is 42.4 Å². The van der Waals surface area contributed by atoms with Gasteiger partial charge in [0.15, 0.2) is 0 Å². The van der Waals surface area contributed by atoms with Crippen molar-refractivity contribution in [2.24, 2.45) is 0 Å².